The van der Waals surface area contributed by atoms with Crippen molar-refractivity contribution in [1.82, 2.24) is 15.0 Å². The Balaban J connectivity index is 1.16. The largest absolute Gasteiger partial charge is 0.507 e. The highest BCUT2D eigenvalue weighted by atomic mass is 16.5. The fourth-order valence-electron chi connectivity index (χ4n) is 5.32. The molecule has 1 heterocycles. The van der Waals surface area contributed by atoms with Crippen LogP contribution in [0.25, 0.3) is 32.3 Å². The first kappa shape index (κ1) is 24.1. The summed E-state index contributed by atoms with van der Waals surface area (Å²) in [6.07, 6.45) is 2.54. The summed E-state index contributed by atoms with van der Waals surface area (Å²) in [6, 6.07) is 23.2. The van der Waals surface area contributed by atoms with Gasteiger partial charge in [0.25, 0.3) is 0 Å². The molecule has 0 aliphatic carbocycles. The summed E-state index contributed by atoms with van der Waals surface area (Å²) in [5.41, 5.74) is 3.43. The second-order valence-corrected chi connectivity index (χ2v) is 11.0. The predicted molar refractivity (Wildman–Crippen MR) is 150 cm³/mol. The van der Waals surface area contributed by atoms with Crippen LogP contribution in [0.3, 0.4) is 0 Å². The molecule has 0 fully saturated rings. The first-order valence-electron chi connectivity index (χ1n) is 12.7. The van der Waals surface area contributed by atoms with E-state index in [1.807, 2.05) is 33.0 Å². The van der Waals surface area contributed by atoms with Crippen LogP contribution in [0.1, 0.15) is 53.5 Å². The Morgan fingerprint density at radius 3 is 2.18 bits per heavy atom. The number of aromatic hydroxyl groups is 1. The van der Waals surface area contributed by atoms with Crippen molar-refractivity contribution < 1.29 is 14.6 Å². The van der Waals surface area contributed by atoms with Gasteiger partial charge >= 0.3 is 0 Å². The molecule has 0 radical (unpaired) electrons. The summed E-state index contributed by atoms with van der Waals surface area (Å²) < 4.78 is 7.74. The Bertz CT molecular complexity index is 1730. The molecule has 190 valence electrons. The van der Waals surface area contributed by atoms with E-state index in [0.29, 0.717) is 26.0 Å². The van der Waals surface area contributed by atoms with Crippen LogP contribution in [0.4, 0.5) is 0 Å². The number of hydrogen-bond acceptors (Lipinski definition) is 5. The Kier molecular flexibility index (Phi) is 5.84. The lowest BCUT2D eigenvalue weighted by Crippen LogP contribution is -2.13. The van der Waals surface area contributed by atoms with E-state index in [9.17, 15) is 9.90 Å². The van der Waals surface area contributed by atoms with Crippen molar-refractivity contribution >= 4 is 38.6 Å². The Hall–Kier alpha value is -4.29. The van der Waals surface area contributed by atoms with E-state index in [1.54, 1.807) is 10.7 Å². The SMILES string of the molecule is CC(C)(C)c1cc(Cn2cc(COCc3cc4ccc5cccc6ccc(c3)c4c56)nn2)cc(C=O)c1O. The molecule has 6 nitrogen and oxygen atoms in total. The standard InChI is InChI=1S/C32H29N3O3/c1-32(2,3)28-14-20(11-26(17-36)31(28)37)15-35-16-27(33-34-35)19-38-18-21-12-24-9-7-22-5-4-6-23-8-10-25(13-21)30(24)29(22)23/h4-14,16-17,37H,15,18-19H2,1-3H3. The molecule has 1 N–H and O–H groups in total. The van der Waals surface area contributed by atoms with Crippen LogP contribution < -0.4 is 0 Å². The summed E-state index contributed by atoms with van der Waals surface area (Å²) in [5.74, 6) is 0.0379. The molecule has 0 spiro atoms. The zero-order valence-electron chi connectivity index (χ0n) is 21.7. The molecule has 0 bridgehead atoms. The fourth-order valence-corrected chi connectivity index (χ4v) is 5.32. The van der Waals surface area contributed by atoms with Gasteiger partial charge in [-0.3, -0.25) is 4.79 Å². The molecule has 6 aromatic rings. The molecule has 0 saturated heterocycles. The smallest absolute Gasteiger partial charge is 0.153 e. The first-order valence-corrected chi connectivity index (χ1v) is 12.7. The number of carbonyl (C=O) groups excluding carboxylic acids is 1. The lowest BCUT2D eigenvalue weighted by atomic mass is 9.84. The Morgan fingerprint density at radius 2 is 1.53 bits per heavy atom. The van der Waals surface area contributed by atoms with Gasteiger partial charge in [-0.1, -0.05) is 68.4 Å². The predicted octanol–water partition coefficient (Wildman–Crippen LogP) is 6.76. The van der Waals surface area contributed by atoms with Crippen molar-refractivity contribution in [2.45, 2.75) is 45.9 Å². The number of phenolic OH excluding ortho intramolecular Hbond substituents is 1. The number of rotatable bonds is 7. The minimum absolute atomic E-state index is 0.0379. The summed E-state index contributed by atoms with van der Waals surface area (Å²) in [7, 11) is 0. The number of nitrogens with zero attached hydrogens (tertiary/aromatic N) is 3. The molecule has 0 unspecified atom stereocenters. The summed E-state index contributed by atoms with van der Waals surface area (Å²) in [5, 5.41) is 26.5. The van der Waals surface area contributed by atoms with Crippen LogP contribution in [0.2, 0.25) is 0 Å². The maximum Gasteiger partial charge on any atom is 0.153 e. The number of hydrogen-bond donors (Lipinski definition) is 1. The molecular weight excluding hydrogens is 474 g/mol. The highest BCUT2D eigenvalue weighted by Gasteiger charge is 2.21. The van der Waals surface area contributed by atoms with Crippen LogP contribution in [-0.4, -0.2) is 26.4 Å². The first-order chi connectivity index (χ1) is 18.3. The zero-order chi connectivity index (χ0) is 26.4. The van der Waals surface area contributed by atoms with Gasteiger partial charge in [0.05, 0.1) is 31.5 Å². The second-order valence-electron chi connectivity index (χ2n) is 11.0. The molecule has 0 aliphatic heterocycles. The number of ether oxygens (including phenoxy) is 1. The van der Waals surface area contributed by atoms with E-state index < -0.39 is 0 Å². The van der Waals surface area contributed by atoms with Crippen LogP contribution in [0.15, 0.2) is 72.9 Å². The lowest BCUT2D eigenvalue weighted by molar-refractivity contribution is 0.104. The number of phenols is 1. The number of benzene rings is 5. The van der Waals surface area contributed by atoms with Gasteiger partial charge in [-0.05, 0) is 73.1 Å². The average molecular weight is 504 g/mol. The third-order valence-electron chi connectivity index (χ3n) is 7.11. The van der Waals surface area contributed by atoms with Crippen molar-refractivity contribution in [3.8, 4) is 5.75 Å². The van der Waals surface area contributed by atoms with Crippen LogP contribution in [0.5, 0.6) is 5.75 Å². The highest BCUT2D eigenvalue weighted by Crippen LogP contribution is 2.36. The molecule has 6 heteroatoms. The van der Waals surface area contributed by atoms with Crippen LogP contribution in [-0.2, 0) is 29.9 Å². The minimum atomic E-state index is -0.300. The topological polar surface area (TPSA) is 77.2 Å². The molecule has 0 aliphatic rings. The van der Waals surface area contributed by atoms with E-state index in [-0.39, 0.29) is 16.7 Å². The molecule has 0 amide bonds. The van der Waals surface area contributed by atoms with Gasteiger partial charge in [0.15, 0.2) is 6.29 Å². The molecule has 38 heavy (non-hydrogen) atoms. The quantitative estimate of drug-likeness (QED) is 0.192. The number of aromatic nitrogens is 3. The molecule has 6 rings (SSSR count). The monoisotopic (exact) mass is 503 g/mol. The van der Waals surface area contributed by atoms with E-state index in [1.165, 1.54) is 32.3 Å². The van der Waals surface area contributed by atoms with Gasteiger partial charge in [0, 0.05) is 5.56 Å². The minimum Gasteiger partial charge on any atom is -0.507 e. The van der Waals surface area contributed by atoms with E-state index in [0.717, 1.165) is 22.4 Å². The van der Waals surface area contributed by atoms with E-state index >= 15 is 0 Å². The summed E-state index contributed by atoms with van der Waals surface area (Å²) in [4.78, 5) is 11.5. The van der Waals surface area contributed by atoms with E-state index in [4.69, 9.17) is 4.74 Å². The lowest BCUT2D eigenvalue weighted by Gasteiger charge is -2.22. The van der Waals surface area contributed by atoms with Crippen LogP contribution >= 0.6 is 0 Å². The third kappa shape index (κ3) is 4.37. The van der Waals surface area contributed by atoms with Crippen molar-refractivity contribution in [1.29, 1.82) is 0 Å². The average Bonchev–Trinajstić information content (AvgIpc) is 3.34. The normalized spacial score (nSPS) is 12.2. The molecule has 0 saturated carbocycles. The van der Waals surface area contributed by atoms with Crippen molar-refractivity contribution in [2.24, 2.45) is 0 Å². The van der Waals surface area contributed by atoms with Crippen molar-refractivity contribution in [3.05, 3.63) is 101 Å². The third-order valence-corrected chi connectivity index (χ3v) is 7.11. The molecule has 1 aromatic heterocycles. The Labute approximate surface area is 220 Å². The molecule has 0 atom stereocenters. The summed E-state index contributed by atoms with van der Waals surface area (Å²) in [6.45, 7) is 7.27. The fraction of sp³-hybridized carbons (Fsp3) is 0.219. The Morgan fingerprint density at radius 1 is 0.868 bits per heavy atom. The van der Waals surface area contributed by atoms with Crippen molar-refractivity contribution in [2.75, 3.05) is 0 Å². The van der Waals surface area contributed by atoms with Gasteiger partial charge in [0.2, 0.25) is 0 Å². The second kappa shape index (κ2) is 9.23. The maximum absolute atomic E-state index is 11.5. The van der Waals surface area contributed by atoms with Gasteiger partial charge in [-0.15, -0.1) is 5.10 Å². The van der Waals surface area contributed by atoms with Gasteiger partial charge < -0.3 is 9.84 Å². The number of carbonyl (C=O) groups is 1. The zero-order valence-corrected chi connectivity index (χ0v) is 21.7. The molecular formula is C32H29N3O3. The van der Waals surface area contributed by atoms with Gasteiger partial charge in [0.1, 0.15) is 11.4 Å². The van der Waals surface area contributed by atoms with Gasteiger partial charge in [-0.2, -0.15) is 0 Å². The van der Waals surface area contributed by atoms with Crippen molar-refractivity contribution in [3.63, 3.8) is 0 Å². The number of aldehydes is 1. The summed E-state index contributed by atoms with van der Waals surface area (Å²) >= 11 is 0. The molecule has 5 aromatic carbocycles. The van der Waals surface area contributed by atoms with Crippen LogP contribution in [0, 0.1) is 0 Å². The highest BCUT2D eigenvalue weighted by molar-refractivity contribution is 6.23. The maximum atomic E-state index is 11.5. The van der Waals surface area contributed by atoms with E-state index in [2.05, 4.69) is 64.9 Å². The van der Waals surface area contributed by atoms with Gasteiger partial charge in [-0.25, -0.2) is 4.68 Å².